The van der Waals surface area contributed by atoms with Gasteiger partial charge in [0.1, 0.15) is 0 Å². The molecule has 0 aromatic carbocycles. The second kappa shape index (κ2) is 3.02. The first-order valence-corrected chi connectivity index (χ1v) is 4.17. The summed E-state index contributed by atoms with van der Waals surface area (Å²) >= 11 is 6.13. The second-order valence-corrected chi connectivity index (χ2v) is 6.12. The topological polar surface area (TPSA) is 0 Å². The van der Waals surface area contributed by atoms with Gasteiger partial charge in [0, 0.05) is 9.33 Å². The van der Waals surface area contributed by atoms with Crippen molar-refractivity contribution in [2.45, 2.75) is 37.0 Å². The van der Waals surface area contributed by atoms with Crippen molar-refractivity contribution >= 4 is 24.4 Å². The highest BCUT2D eigenvalue weighted by Gasteiger charge is 2.12. The molecule has 0 N–H and O–H groups in total. The van der Waals surface area contributed by atoms with Gasteiger partial charge in [-0.2, -0.15) is 12.6 Å². The molecule has 1 unspecified atom stereocenters. The van der Waals surface area contributed by atoms with E-state index in [2.05, 4.69) is 40.3 Å². The summed E-state index contributed by atoms with van der Waals surface area (Å²) in [4.78, 5) is 0. The molecule has 0 aromatic heterocycles. The summed E-state index contributed by atoms with van der Waals surface area (Å²) < 4.78 is 0.816. The van der Waals surface area contributed by atoms with Crippen molar-refractivity contribution in [1.82, 2.24) is 0 Å². The predicted molar refractivity (Wildman–Crippen MR) is 45.8 cm³/mol. The smallest absolute Gasteiger partial charge is 0.0449 e. The van der Waals surface area contributed by atoms with Crippen LogP contribution in [0, 0.1) is 0 Å². The second-order valence-electron chi connectivity index (χ2n) is 2.83. The standard InChI is InChI=1S/C6H14S2/c1-5(7)8-6(2,3)4/h5,7H,1-4H3. The molecule has 0 heterocycles. The van der Waals surface area contributed by atoms with Crippen molar-refractivity contribution in [2.24, 2.45) is 0 Å². The summed E-state index contributed by atoms with van der Waals surface area (Å²) in [5, 5.41) is 0. The minimum Gasteiger partial charge on any atom is -0.165 e. The Labute approximate surface area is 61.8 Å². The van der Waals surface area contributed by atoms with Gasteiger partial charge < -0.3 is 0 Å². The Balaban J connectivity index is 3.39. The molecule has 0 aliphatic carbocycles. The minimum atomic E-state index is 0.362. The van der Waals surface area contributed by atoms with E-state index in [0.717, 1.165) is 0 Å². The van der Waals surface area contributed by atoms with E-state index < -0.39 is 0 Å². The van der Waals surface area contributed by atoms with Gasteiger partial charge in [-0.15, -0.1) is 11.8 Å². The van der Waals surface area contributed by atoms with Crippen molar-refractivity contribution in [2.75, 3.05) is 0 Å². The number of hydrogen-bond donors (Lipinski definition) is 1. The number of hydrogen-bond acceptors (Lipinski definition) is 2. The Hall–Kier alpha value is 0.700. The van der Waals surface area contributed by atoms with Crippen molar-refractivity contribution < 1.29 is 0 Å². The third-order valence-electron chi connectivity index (χ3n) is 0.524. The van der Waals surface area contributed by atoms with Gasteiger partial charge in [0.25, 0.3) is 0 Å². The highest BCUT2D eigenvalue weighted by Crippen LogP contribution is 2.29. The molecule has 0 aliphatic rings. The molecule has 0 nitrogen and oxygen atoms in total. The fourth-order valence-electron chi connectivity index (χ4n) is 0.512. The highest BCUT2D eigenvalue weighted by atomic mass is 32.2. The van der Waals surface area contributed by atoms with E-state index in [1.807, 2.05) is 11.8 Å². The maximum absolute atomic E-state index is 4.25. The lowest BCUT2D eigenvalue weighted by Crippen LogP contribution is -2.09. The van der Waals surface area contributed by atoms with Gasteiger partial charge in [0.05, 0.1) is 0 Å². The zero-order valence-electron chi connectivity index (χ0n) is 5.93. The van der Waals surface area contributed by atoms with Crippen LogP contribution >= 0.6 is 24.4 Å². The largest absolute Gasteiger partial charge is 0.165 e. The number of rotatable bonds is 1. The predicted octanol–water partition coefficient (Wildman–Crippen LogP) is 2.79. The molecule has 0 rings (SSSR count). The molecule has 8 heavy (non-hydrogen) atoms. The molecular formula is C6H14S2. The summed E-state index contributed by atoms with van der Waals surface area (Å²) in [7, 11) is 0. The van der Waals surface area contributed by atoms with E-state index in [9.17, 15) is 0 Å². The van der Waals surface area contributed by atoms with Crippen LogP contribution in [0.1, 0.15) is 27.7 Å². The maximum Gasteiger partial charge on any atom is 0.0449 e. The van der Waals surface area contributed by atoms with Crippen LogP contribution in [0.2, 0.25) is 0 Å². The molecule has 2 heteroatoms. The molecule has 0 saturated heterocycles. The number of thiol groups is 1. The average molecular weight is 150 g/mol. The molecule has 1 atom stereocenters. The minimum absolute atomic E-state index is 0.362. The van der Waals surface area contributed by atoms with Crippen LogP contribution in [0.4, 0.5) is 0 Å². The zero-order valence-corrected chi connectivity index (χ0v) is 7.64. The summed E-state index contributed by atoms with van der Waals surface area (Å²) in [5.41, 5.74) is 0. The molecule has 0 saturated carbocycles. The summed E-state index contributed by atoms with van der Waals surface area (Å²) in [6.07, 6.45) is 0. The third kappa shape index (κ3) is 6.70. The molecule has 0 radical (unpaired) electrons. The van der Waals surface area contributed by atoms with Gasteiger partial charge in [-0.25, -0.2) is 0 Å². The Bertz CT molecular complexity index is 61.4. The van der Waals surface area contributed by atoms with Gasteiger partial charge in [-0.05, 0) is 6.92 Å². The quantitative estimate of drug-likeness (QED) is 0.443. The molecule has 0 spiro atoms. The van der Waals surface area contributed by atoms with Gasteiger partial charge in [0.15, 0.2) is 0 Å². The first-order valence-electron chi connectivity index (χ1n) is 2.78. The molecular weight excluding hydrogens is 136 g/mol. The lowest BCUT2D eigenvalue weighted by atomic mass is 10.3. The normalized spacial score (nSPS) is 16.1. The van der Waals surface area contributed by atoms with Crippen molar-refractivity contribution in [1.29, 1.82) is 0 Å². The summed E-state index contributed by atoms with van der Waals surface area (Å²) in [5.74, 6) is 0. The monoisotopic (exact) mass is 150 g/mol. The lowest BCUT2D eigenvalue weighted by Gasteiger charge is -2.19. The number of thioether (sulfide) groups is 1. The van der Waals surface area contributed by atoms with Gasteiger partial charge in [-0.3, -0.25) is 0 Å². The van der Waals surface area contributed by atoms with E-state index in [1.54, 1.807) is 0 Å². The zero-order chi connectivity index (χ0) is 6.78. The summed E-state index contributed by atoms with van der Waals surface area (Å²) in [6.45, 7) is 8.69. The van der Waals surface area contributed by atoms with Crippen LogP contribution in [-0.4, -0.2) is 9.33 Å². The van der Waals surface area contributed by atoms with E-state index in [-0.39, 0.29) is 0 Å². The molecule has 0 fully saturated rings. The molecule has 50 valence electrons. The SMILES string of the molecule is CC(S)SC(C)(C)C. The lowest BCUT2D eigenvalue weighted by molar-refractivity contribution is 0.802. The first kappa shape index (κ1) is 8.70. The van der Waals surface area contributed by atoms with E-state index >= 15 is 0 Å². The Morgan fingerprint density at radius 3 is 1.75 bits per heavy atom. The van der Waals surface area contributed by atoms with Crippen molar-refractivity contribution in [3.63, 3.8) is 0 Å². The van der Waals surface area contributed by atoms with Crippen LogP contribution in [0.25, 0.3) is 0 Å². The van der Waals surface area contributed by atoms with Crippen LogP contribution in [-0.2, 0) is 0 Å². The average Bonchev–Trinajstić information content (AvgIpc) is 1.21. The van der Waals surface area contributed by atoms with Crippen LogP contribution in [0.15, 0.2) is 0 Å². The fourth-order valence-corrected chi connectivity index (χ4v) is 2.48. The first-order chi connectivity index (χ1) is 3.42. The Morgan fingerprint density at radius 2 is 1.75 bits per heavy atom. The summed E-state index contributed by atoms with van der Waals surface area (Å²) in [6, 6.07) is 0. The van der Waals surface area contributed by atoms with Gasteiger partial charge >= 0.3 is 0 Å². The van der Waals surface area contributed by atoms with E-state index in [1.165, 1.54) is 0 Å². The highest BCUT2D eigenvalue weighted by molar-refractivity contribution is 8.11. The van der Waals surface area contributed by atoms with Crippen molar-refractivity contribution in [3.05, 3.63) is 0 Å². The van der Waals surface area contributed by atoms with Gasteiger partial charge in [0.2, 0.25) is 0 Å². The van der Waals surface area contributed by atoms with Crippen molar-refractivity contribution in [3.8, 4) is 0 Å². The fraction of sp³-hybridized carbons (Fsp3) is 1.00. The molecule has 0 aromatic rings. The van der Waals surface area contributed by atoms with E-state index in [4.69, 9.17) is 0 Å². The maximum atomic E-state index is 4.25. The van der Waals surface area contributed by atoms with Gasteiger partial charge in [-0.1, -0.05) is 20.8 Å². The molecule has 0 aliphatic heterocycles. The van der Waals surface area contributed by atoms with E-state index in [0.29, 0.717) is 9.33 Å². The molecule has 0 bridgehead atoms. The third-order valence-corrected chi connectivity index (χ3v) is 1.89. The Kier molecular flexibility index (Phi) is 3.28. The van der Waals surface area contributed by atoms with Crippen LogP contribution in [0.3, 0.4) is 0 Å². The molecule has 0 amide bonds. The van der Waals surface area contributed by atoms with Crippen LogP contribution in [0.5, 0.6) is 0 Å². The van der Waals surface area contributed by atoms with Crippen LogP contribution < -0.4 is 0 Å². The Morgan fingerprint density at radius 1 is 1.38 bits per heavy atom.